The molecule has 0 fully saturated rings. The van der Waals surface area contributed by atoms with Gasteiger partial charge in [0.2, 0.25) is 0 Å². The van der Waals surface area contributed by atoms with Crippen molar-refractivity contribution >= 4 is 52.7 Å². The molecule has 0 aromatic heterocycles. The van der Waals surface area contributed by atoms with E-state index >= 15 is 0 Å². The number of hydrogen-bond acceptors (Lipinski definition) is 31. The van der Waals surface area contributed by atoms with Crippen LogP contribution in [0, 0.1) is 0 Å². The van der Waals surface area contributed by atoms with E-state index in [2.05, 4.69) is 4.31 Å². The molecule has 0 bridgehead atoms. The Morgan fingerprint density at radius 3 is 0.613 bits per heavy atom. The first-order chi connectivity index (χ1) is 24.3. The molecule has 17 N–H and O–H groups in total. The van der Waals surface area contributed by atoms with Crippen LogP contribution in [0.15, 0.2) is 0 Å². The van der Waals surface area contributed by atoms with Crippen molar-refractivity contribution in [2.24, 2.45) is 0 Å². The summed E-state index contributed by atoms with van der Waals surface area (Å²) in [5.41, 5.74) is 0. The van der Waals surface area contributed by atoms with Gasteiger partial charge in [0.15, 0.2) is 18.9 Å². The third-order valence-corrected chi connectivity index (χ3v) is 6.06. The topological polar surface area (TPSA) is 651 Å². The van der Waals surface area contributed by atoms with Crippen LogP contribution in [0.2, 0.25) is 0 Å². The van der Waals surface area contributed by atoms with Crippen molar-refractivity contribution < 1.29 is 368 Å². The molecule has 0 heterocycles. The molecule has 0 saturated heterocycles. The van der Waals surface area contributed by atoms with Gasteiger partial charge in [-0.3, -0.25) is 9.11 Å². The van der Waals surface area contributed by atoms with Gasteiger partial charge in [0.1, 0.15) is 73.2 Å². The summed E-state index contributed by atoms with van der Waals surface area (Å²) < 4.78 is 61.3. The molecule has 44 heteroatoms. The average molecular weight is 1070 g/mol. The minimum atomic E-state index is -5.68. The van der Waals surface area contributed by atoms with Gasteiger partial charge in [-0.2, -0.15) is 16.2 Å². The minimum Gasteiger partial charge on any atom is -0.822 e. The molecule has 336 valence electrons. The van der Waals surface area contributed by atoms with E-state index in [0.717, 1.165) is 0 Å². The minimum absolute atomic E-state index is 0. The van der Waals surface area contributed by atoms with Crippen LogP contribution < -0.4 is 241 Å². The fraction of sp³-hybridized carbons (Fsp3) is 0.833. The Balaban J connectivity index is -0.0000000424. The van der Waals surface area contributed by atoms with E-state index in [1.807, 2.05) is 0 Å². The van der Waals surface area contributed by atoms with Crippen molar-refractivity contribution in [3.05, 3.63) is 0 Å². The van der Waals surface area contributed by atoms with Gasteiger partial charge in [-0.05, 0) is 0 Å². The van der Waals surface area contributed by atoms with Gasteiger partial charge >= 0.3 is 217 Å². The Morgan fingerprint density at radius 1 is 0.419 bits per heavy atom. The molecule has 0 aliphatic rings. The number of aldehydes is 3. The van der Waals surface area contributed by atoms with Gasteiger partial charge in [-0.15, -0.1) is 0 Å². The van der Waals surface area contributed by atoms with Gasteiger partial charge < -0.3 is 143 Å². The molecule has 0 spiro atoms. The van der Waals surface area contributed by atoms with Gasteiger partial charge in [-0.1, -0.05) is 0 Å². The van der Waals surface area contributed by atoms with Crippen LogP contribution in [0.25, 0.3) is 0 Å². The molecular formula is C18H38Na7O33P3S. The van der Waals surface area contributed by atoms with E-state index in [4.69, 9.17) is 113 Å². The predicted molar refractivity (Wildman–Crippen MR) is 150 cm³/mol. The summed E-state index contributed by atoms with van der Waals surface area (Å²) in [6.07, 6.45) is -20.5. The second-order valence-corrected chi connectivity index (χ2v) is 13.2. The fourth-order valence-corrected chi connectivity index (χ4v) is 2.96. The number of rotatable bonds is 17. The molecule has 0 aliphatic heterocycles. The smallest absolute Gasteiger partial charge is 0.822 e. The zero-order chi connectivity index (χ0) is 45.9. The average Bonchev–Trinajstić information content (AvgIpc) is 3.04. The molecule has 62 heavy (non-hydrogen) atoms. The van der Waals surface area contributed by atoms with Crippen molar-refractivity contribution in [2.75, 3.05) is 19.8 Å². The summed E-state index contributed by atoms with van der Waals surface area (Å²) in [6, 6.07) is 0. The van der Waals surface area contributed by atoms with Crippen LogP contribution in [0.4, 0.5) is 0 Å². The maximum Gasteiger partial charge on any atom is 1.00 e. The van der Waals surface area contributed by atoms with E-state index in [1.54, 1.807) is 0 Å². The maximum absolute atomic E-state index is 9.90. The van der Waals surface area contributed by atoms with Crippen LogP contribution in [0.3, 0.4) is 0 Å². The summed E-state index contributed by atoms with van der Waals surface area (Å²) in [6.45, 7) is -2.28. The zero-order valence-corrected chi connectivity index (χ0v) is 51.2. The Hall–Kier alpha value is 5.65. The van der Waals surface area contributed by atoms with E-state index in [1.165, 1.54) is 0 Å². The molecule has 0 aliphatic carbocycles. The third-order valence-electron chi connectivity index (χ3n) is 4.46. The number of aliphatic hydroxyl groups excluding tert-OH is 15. The van der Waals surface area contributed by atoms with Crippen LogP contribution in [-0.2, 0) is 42.8 Å². The molecule has 0 saturated carbocycles. The SMILES string of the molecule is O=C[C@H](O)[C@@H](O)[C@H](O)[C@H](O)CO.O=C[C@H](O)[C@@H](O)[C@H](O)[C@H](O)CO.O=C[C@H](O)[C@@H](O)[C@H](O)[C@H](O)CO.O=P([O-])([O-])OP(=O)([O-])[O-].O=P([O-])([O-])[O-].O=S(=O)(O)O.[Na+].[Na+].[Na+].[Na+].[Na+].[Na+].[Na+]. The first-order valence-electron chi connectivity index (χ1n) is 12.9. The van der Waals surface area contributed by atoms with Gasteiger partial charge in [0.05, 0.1) is 35.5 Å². The van der Waals surface area contributed by atoms with Gasteiger partial charge in [-0.25, -0.2) is 0 Å². The molecular weight excluding hydrogens is 1030 g/mol. The second-order valence-electron chi connectivity index (χ2n) is 8.94. The fourth-order valence-electron chi connectivity index (χ4n) is 1.98. The Morgan fingerprint density at radius 2 is 0.548 bits per heavy atom. The largest absolute Gasteiger partial charge is 1.00 e. The number of phosphoric acid groups is 3. The quantitative estimate of drug-likeness (QED) is 0.0278. The first kappa shape index (κ1) is 101. The van der Waals surface area contributed by atoms with Gasteiger partial charge in [0.25, 0.3) is 0 Å². The summed E-state index contributed by atoms with van der Waals surface area (Å²) >= 11 is 0. The van der Waals surface area contributed by atoms with E-state index in [0.29, 0.717) is 0 Å². The Labute approximate surface area is 505 Å². The number of aliphatic hydroxyl groups is 15. The molecule has 33 nitrogen and oxygen atoms in total. The molecule has 0 radical (unpaired) electrons. The van der Waals surface area contributed by atoms with E-state index < -0.39 is 127 Å². The normalized spacial score (nSPS) is 16.1. The standard InChI is InChI=1S/3C6H12O6.7Na.H4O7P2.H3O4P.H2O4S/c3*7-1-3(9)5(11)6(12)4(10)2-8;;;;;;;;1-8(2,3)7-9(4,5)6;2*1-5(2,3)4/h3*1,3-6,8-12H,2H2;;;;;;;;(H2,1,2,3)(H2,4,5,6);(H3,1,2,3,4);(H2,1,2,3,4)/q;;;7*+1;;;/p-7/t3*3-,4+,5+,6+;;;;;;;;;;/m000........../s1. The molecule has 12 atom stereocenters. The molecule has 0 amide bonds. The second kappa shape index (κ2) is 54.4. The van der Waals surface area contributed by atoms with Crippen molar-refractivity contribution in [1.82, 2.24) is 0 Å². The van der Waals surface area contributed by atoms with Crippen molar-refractivity contribution in [3.8, 4) is 0 Å². The molecule has 0 rings (SSSR count). The van der Waals surface area contributed by atoms with Crippen molar-refractivity contribution in [2.45, 2.75) is 73.2 Å². The Bertz CT molecular complexity index is 1160. The number of carbonyl (C=O) groups excluding carboxylic acids is 3. The number of hydrogen-bond donors (Lipinski definition) is 17. The maximum atomic E-state index is 9.90. The van der Waals surface area contributed by atoms with Crippen LogP contribution in [0.1, 0.15) is 0 Å². The summed E-state index contributed by atoms with van der Waals surface area (Å²) in [5.74, 6) is 0. The third kappa shape index (κ3) is 77.1. The first-order valence-corrected chi connectivity index (χ1v) is 18.6. The van der Waals surface area contributed by atoms with E-state index in [-0.39, 0.29) is 226 Å². The molecule has 0 aromatic rings. The zero-order valence-electron chi connectivity index (χ0n) is 33.7. The summed E-state index contributed by atoms with van der Waals surface area (Å²) in [5, 5.41) is 131. The van der Waals surface area contributed by atoms with Crippen LogP contribution in [-0.4, -0.2) is 206 Å². The van der Waals surface area contributed by atoms with Crippen molar-refractivity contribution in [1.29, 1.82) is 0 Å². The number of carbonyl (C=O) groups is 3. The Kier molecular flexibility index (Phi) is 88.3. The predicted octanol–water partition coefficient (Wildman–Crippen LogP) is -37.9. The van der Waals surface area contributed by atoms with E-state index in [9.17, 15) is 43.1 Å². The summed E-state index contributed by atoms with van der Waals surface area (Å²) in [4.78, 5) is 92.6. The molecule has 0 aromatic carbocycles. The van der Waals surface area contributed by atoms with Crippen LogP contribution in [0.5, 0.6) is 0 Å². The van der Waals surface area contributed by atoms with Crippen LogP contribution >= 0.6 is 23.5 Å². The van der Waals surface area contributed by atoms with Crippen molar-refractivity contribution in [3.63, 3.8) is 0 Å². The summed E-state index contributed by atoms with van der Waals surface area (Å²) in [7, 11) is -21.4. The van der Waals surface area contributed by atoms with Gasteiger partial charge in [0, 0.05) is 0 Å². The monoisotopic (exact) mass is 1070 g/mol. The molecule has 0 unspecified atom stereocenters.